The molecule has 0 radical (unpaired) electrons. The van der Waals surface area contributed by atoms with E-state index in [4.69, 9.17) is 5.73 Å². The van der Waals surface area contributed by atoms with E-state index in [1.54, 1.807) is 12.4 Å². The van der Waals surface area contributed by atoms with Gasteiger partial charge in [-0.05, 0) is 28.1 Å². The van der Waals surface area contributed by atoms with Gasteiger partial charge in [-0.2, -0.15) is 4.98 Å². The molecule has 0 aliphatic carbocycles. The summed E-state index contributed by atoms with van der Waals surface area (Å²) in [5.41, 5.74) is 7.35. The molecule has 0 aliphatic rings. The number of halogens is 1. The Bertz CT molecular complexity index is 739. The number of fused-ring (bicyclic) bond motifs is 1. The minimum Gasteiger partial charge on any atom is -0.368 e. The molecule has 3 N–H and O–H groups in total. The Labute approximate surface area is 118 Å². The highest BCUT2D eigenvalue weighted by atomic mass is 79.9. The number of para-hydroxylation sites is 1. The van der Waals surface area contributed by atoms with Gasteiger partial charge in [-0.15, -0.1) is 0 Å². The third-order valence-corrected chi connectivity index (χ3v) is 3.23. The molecule has 3 aromatic rings. The highest BCUT2D eigenvalue weighted by molar-refractivity contribution is 9.10. The van der Waals surface area contributed by atoms with Gasteiger partial charge in [0.15, 0.2) is 0 Å². The number of nitrogen functional groups attached to an aromatic ring is 1. The zero-order chi connectivity index (χ0) is 13.2. The molecule has 0 atom stereocenters. The largest absolute Gasteiger partial charge is 0.368 e. The quantitative estimate of drug-likeness (QED) is 0.759. The Hall–Kier alpha value is -2.21. The fraction of sp³-hybridized carbons (Fsp3) is 0. The van der Waals surface area contributed by atoms with Crippen molar-refractivity contribution in [3.63, 3.8) is 0 Å². The number of benzene rings is 1. The van der Waals surface area contributed by atoms with Crippen molar-refractivity contribution in [2.75, 3.05) is 11.1 Å². The fourth-order valence-corrected chi connectivity index (χ4v) is 2.09. The lowest BCUT2D eigenvalue weighted by Gasteiger charge is -2.09. The van der Waals surface area contributed by atoms with E-state index in [1.807, 2.05) is 30.3 Å². The van der Waals surface area contributed by atoms with Crippen LogP contribution in [0.15, 0.2) is 47.2 Å². The summed E-state index contributed by atoms with van der Waals surface area (Å²) in [6.45, 7) is 0. The number of rotatable bonds is 2. The van der Waals surface area contributed by atoms with Crippen molar-refractivity contribution in [1.29, 1.82) is 0 Å². The molecule has 0 saturated carbocycles. The maximum atomic E-state index is 5.60. The van der Waals surface area contributed by atoms with Crippen LogP contribution >= 0.6 is 15.9 Å². The van der Waals surface area contributed by atoms with Gasteiger partial charge in [0.25, 0.3) is 0 Å². The first-order valence-electron chi connectivity index (χ1n) is 5.63. The van der Waals surface area contributed by atoms with Crippen LogP contribution in [0.1, 0.15) is 0 Å². The second kappa shape index (κ2) is 4.81. The molecular formula is C13H10BrN5. The molecule has 1 aromatic carbocycles. The number of hydrogen-bond donors (Lipinski definition) is 2. The average Bonchev–Trinajstić information content (AvgIpc) is 2.43. The van der Waals surface area contributed by atoms with Gasteiger partial charge in [0.05, 0.1) is 15.7 Å². The Morgan fingerprint density at radius 2 is 1.95 bits per heavy atom. The van der Waals surface area contributed by atoms with E-state index >= 15 is 0 Å². The van der Waals surface area contributed by atoms with Crippen LogP contribution in [-0.4, -0.2) is 15.0 Å². The second-order valence-corrected chi connectivity index (χ2v) is 4.78. The Balaban J connectivity index is 2.08. The topological polar surface area (TPSA) is 76.7 Å². The van der Waals surface area contributed by atoms with Gasteiger partial charge in [-0.25, -0.2) is 4.98 Å². The number of nitrogens with one attached hydrogen (secondary N) is 1. The molecule has 6 heteroatoms. The predicted molar refractivity (Wildman–Crippen MR) is 79.2 cm³/mol. The maximum absolute atomic E-state index is 5.60. The van der Waals surface area contributed by atoms with E-state index in [0.29, 0.717) is 5.82 Å². The zero-order valence-electron chi connectivity index (χ0n) is 9.84. The summed E-state index contributed by atoms with van der Waals surface area (Å²) < 4.78 is 0.745. The van der Waals surface area contributed by atoms with E-state index in [1.165, 1.54) is 0 Å². The SMILES string of the molecule is Nc1ncc(Br)c(Nc2cccc3cccnc23)n1. The summed E-state index contributed by atoms with van der Waals surface area (Å²) >= 11 is 3.39. The third-order valence-electron chi connectivity index (χ3n) is 2.65. The highest BCUT2D eigenvalue weighted by Crippen LogP contribution is 2.27. The van der Waals surface area contributed by atoms with Crippen molar-refractivity contribution in [2.45, 2.75) is 0 Å². The van der Waals surface area contributed by atoms with Gasteiger partial charge in [0.2, 0.25) is 5.95 Å². The lowest BCUT2D eigenvalue weighted by Crippen LogP contribution is -2.01. The van der Waals surface area contributed by atoms with Crippen LogP contribution in [0.4, 0.5) is 17.5 Å². The van der Waals surface area contributed by atoms with Gasteiger partial charge in [-0.3, -0.25) is 4.98 Å². The van der Waals surface area contributed by atoms with Gasteiger partial charge in [0, 0.05) is 17.8 Å². The first-order chi connectivity index (χ1) is 9.24. The number of pyridine rings is 1. The fourth-order valence-electron chi connectivity index (χ4n) is 1.80. The standard InChI is InChI=1S/C13H10BrN5/c14-9-7-17-13(15)19-12(9)18-10-5-1-3-8-4-2-6-16-11(8)10/h1-7H,(H3,15,17,18,19). The normalized spacial score (nSPS) is 10.6. The zero-order valence-corrected chi connectivity index (χ0v) is 11.4. The number of nitrogens with zero attached hydrogens (tertiary/aromatic N) is 3. The molecule has 19 heavy (non-hydrogen) atoms. The smallest absolute Gasteiger partial charge is 0.222 e. The summed E-state index contributed by atoms with van der Waals surface area (Å²) in [7, 11) is 0. The Kier molecular flexibility index (Phi) is 3.00. The van der Waals surface area contributed by atoms with Crippen LogP contribution in [0, 0.1) is 0 Å². The van der Waals surface area contributed by atoms with Crippen LogP contribution < -0.4 is 11.1 Å². The maximum Gasteiger partial charge on any atom is 0.222 e. The number of anilines is 3. The van der Waals surface area contributed by atoms with E-state index in [9.17, 15) is 0 Å². The molecule has 3 rings (SSSR count). The summed E-state index contributed by atoms with van der Waals surface area (Å²) in [5, 5.41) is 4.28. The van der Waals surface area contributed by atoms with E-state index in [0.717, 1.165) is 21.1 Å². The van der Waals surface area contributed by atoms with Crippen LogP contribution in [0.2, 0.25) is 0 Å². The van der Waals surface area contributed by atoms with Crippen LogP contribution in [0.25, 0.3) is 10.9 Å². The van der Waals surface area contributed by atoms with Gasteiger partial charge >= 0.3 is 0 Å². The molecular weight excluding hydrogens is 306 g/mol. The predicted octanol–water partition coefficient (Wildman–Crippen LogP) is 3.11. The van der Waals surface area contributed by atoms with E-state index in [-0.39, 0.29) is 5.95 Å². The lowest BCUT2D eigenvalue weighted by molar-refractivity contribution is 1.17. The van der Waals surface area contributed by atoms with E-state index in [2.05, 4.69) is 36.2 Å². The second-order valence-electron chi connectivity index (χ2n) is 3.93. The van der Waals surface area contributed by atoms with Crippen molar-refractivity contribution < 1.29 is 0 Å². The monoisotopic (exact) mass is 315 g/mol. The van der Waals surface area contributed by atoms with Gasteiger partial charge in [-0.1, -0.05) is 18.2 Å². The van der Waals surface area contributed by atoms with Crippen molar-refractivity contribution in [1.82, 2.24) is 15.0 Å². The summed E-state index contributed by atoms with van der Waals surface area (Å²) in [5.74, 6) is 0.838. The molecule has 0 aliphatic heterocycles. The molecule has 0 amide bonds. The van der Waals surface area contributed by atoms with Crippen molar-refractivity contribution in [3.8, 4) is 0 Å². The van der Waals surface area contributed by atoms with Crippen molar-refractivity contribution in [3.05, 3.63) is 47.2 Å². The van der Waals surface area contributed by atoms with Crippen molar-refractivity contribution in [2.24, 2.45) is 0 Å². The molecule has 0 fully saturated rings. The number of nitrogens with two attached hydrogens (primary N) is 1. The molecule has 5 nitrogen and oxygen atoms in total. The summed E-state index contributed by atoms with van der Waals surface area (Å²) in [6, 6.07) is 9.84. The first kappa shape index (κ1) is 11.9. The lowest BCUT2D eigenvalue weighted by atomic mass is 10.2. The van der Waals surface area contributed by atoms with Gasteiger partial charge < -0.3 is 11.1 Å². The third kappa shape index (κ3) is 2.34. The highest BCUT2D eigenvalue weighted by Gasteiger charge is 2.06. The summed E-state index contributed by atoms with van der Waals surface area (Å²) in [6.07, 6.45) is 3.38. The van der Waals surface area contributed by atoms with Crippen molar-refractivity contribution >= 4 is 44.3 Å². The Morgan fingerprint density at radius 3 is 2.84 bits per heavy atom. The molecule has 0 bridgehead atoms. The molecule has 0 unspecified atom stereocenters. The minimum atomic E-state index is 0.221. The molecule has 2 aromatic heterocycles. The minimum absolute atomic E-state index is 0.221. The molecule has 2 heterocycles. The first-order valence-corrected chi connectivity index (χ1v) is 6.42. The number of hydrogen-bond acceptors (Lipinski definition) is 5. The average molecular weight is 316 g/mol. The molecule has 0 saturated heterocycles. The molecule has 0 spiro atoms. The summed E-state index contributed by atoms with van der Waals surface area (Å²) in [4.78, 5) is 12.4. The van der Waals surface area contributed by atoms with Crippen LogP contribution in [-0.2, 0) is 0 Å². The number of aromatic nitrogens is 3. The Morgan fingerprint density at radius 1 is 1.11 bits per heavy atom. The van der Waals surface area contributed by atoms with Crippen LogP contribution in [0.5, 0.6) is 0 Å². The van der Waals surface area contributed by atoms with E-state index < -0.39 is 0 Å². The van der Waals surface area contributed by atoms with Gasteiger partial charge in [0.1, 0.15) is 5.82 Å². The molecule has 94 valence electrons. The van der Waals surface area contributed by atoms with Crippen LogP contribution in [0.3, 0.4) is 0 Å².